The average molecular weight is 183 g/mol. The van der Waals surface area contributed by atoms with Crippen molar-refractivity contribution in [1.29, 1.82) is 0 Å². The molecule has 1 heterocycles. The molecule has 0 spiro atoms. The minimum atomic E-state index is 0.627. The summed E-state index contributed by atoms with van der Waals surface area (Å²) in [5, 5.41) is 3.95. The molecule has 1 aromatic rings. The Kier molecular flexibility index (Phi) is 3.29. The molecule has 0 atom stereocenters. The van der Waals surface area contributed by atoms with E-state index >= 15 is 0 Å². The second-order valence-corrected chi connectivity index (χ2v) is 3.79. The summed E-state index contributed by atoms with van der Waals surface area (Å²) in [7, 11) is 0. The van der Waals surface area contributed by atoms with Crippen molar-refractivity contribution in [3.8, 4) is 0 Å². The summed E-state index contributed by atoms with van der Waals surface area (Å²) in [4.78, 5) is 7.44. The Morgan fingerprint density at radius 3 is 2.83 bits per heavy atom. The molecule has 0 N–H and O–H groups in total. The van der Waals surface area contributed by atoms with Gasteiger partial charge < -0.3 is 4.84 Å². The predicted molar refractivity (Wildman–Crippen MR) is 52.9 cm³/mol. The summed E-state index contributed by atoms with van der Waals surface area (Å²) < 4.78 is 0. The Hall–Kier alpha value is -0.830. The summed E-state index contributed by atoms with van der Waals surface area (Å²) in [5.41, 5.74) is 0.954. The molecule has 1 aromatic heterocycles. The third kappa shape index (κ3) is 2.34. The SMILES string of the molecule is CCO/N=C(/C)c1ccc(C)s1. The van der Waals surface area contributed by atoms with E-state index in [0.717, 1.165) is 5.71 Å². The van der Waals surface area contributed by atoms with E-state index in [1.54, 1.807) is 11.3 Å². The molecule has 0 aliphatic carbocycles. The fourth-order valence-corrected chi connectivity index (χ4v) is 1.64. The average Bonchev–Trinajstić information content (AvgIpc) is 2.47. The molecule has 3 heteroatoms. The van der Waals surface area contributed by atoms with Gasteiger partial charge in [0.1, 0.15) is 6.61 Å². The van der Waals surface area contributed by atoms with Gasteiger partial charge in [-0.1, -0.05) is 5.16 Å². The van der Waals surface area contributed by atoms with E-state index in [1.807, 2.05) is 13.8 Å². The Bertz CT molecular complexity index is 278. The van der Waals surface area contributed by atoms with Gasteiger partial charge in [-0.3, -0.25) is 0 Å². The Morgan fingerprint density at radius 2 is 2.33 bits per heavy atom. The molecular formula is C9H13NOS. The molecule has 66 valence electrons. The first-order valence-corrected chi connectivity index (χ1v) is 4.79. The largest absolute Gasteiger partial charge is 0.396 e. The second-order valence-electron chi connectivity index (χ2n) is 2.50. The molecule has 1 rings (SSSR count). The number of aryl methyl sites for hydroxylation is 1. The quantitative estimate of drug-likeness (QED) is 0.521. The van der Waals surface area contributed by atoms with Crippen LogP contribution in [0.3, 0.4) is 0 Å². The van der Waals surface area contributed by atoms with E-state index in [1.165, 1.54) is 9.75 Å². The molecule has 0 saturated carbocycles. The van der Waals surface area contributed by atoms with Crippen molar-refractivity contribution < 1.29 is 4.84 Å². The van der Waals surface area contributed by atoms with Crippen molar-refractivity contribution in [3.05, 3.63) is 21.9 Å². The van der Waals surface area contributed by atoms with Gasteiger partial charge in [0.15, 0.2) is 0 Å². The highest BCUT2D eigenvalue weighted by molar-refractivity contribution is 7.14. The van der Waals surface area contributed by atoms with Gasteiger partial charge in [-0.2, -0.15) is 0 Å². The number of oxime groups is 1. The minimum absolute atomic E-state index is 0.627. The molecule has 2 nitrogen and oxygen atoms in total. The summed E-state index contributed by atoms with van der Waals surface area (Å²) >= 11 is 1.74. The maximum Gasteiger partial charge on any atom is 0.114 e. The summed E-state index contributed by atoms with van der Waals surface area (Å²) in [5.74, 6) is 0. The number of nitrogens with zero attached hydrogens (tertiary/aromatic N) is 1. The molecular weight excluding hydrogens is 170 g/mol. The zero-order chi connectivity index (χ0) is 8.97. The van der Waals surface area contributed by atoms with E-state index in [2.05, 4.69) is 24.2 Å². The van der Waals surface area contributed by atoms with Gasteiger partial charge in [0.2, 0.25) is 0 Å². The van der Waals surface area contributed by atoms with Crippen molar-refractivity contribution in [3.63, 3.8) is 0 Å². The lowest BCUT2D eigenvalue weighted by Crippen LogP contribution is -1.92. The fourth-order valence-electron chi connectivity index (χ4n) is 0.835. The number of rotatable bonds is 3. The highest BCUT2D eigenvalue weighted by Gasteiger charge is 1.99. The summed E-state index contributed by atoms with van der Waals surface area (Å²) in [6.45, 7) is 6.60. The number of hydrogen-bond donors (Lipinski definition) is 0. The smallest absolute Gasteiger partial charge is 0.114 e. The van der Waals surface area contributed by atoms with Gasteiger partial charge in [0, 0.05) is 4.88 Å². The van der Waals surface area contributed by atoms with Crippen LogP contribution in [-0.4, -0.2) is 12.3 Å². The van der Waals surface area contributed by atoms with Crippen LogP contribution in [0, 0.1) is 6.92 Å². The zero-order valence-corrected chi connectivity index (χ0v) is 8.44. The van der Waals surface area contributed by atoms with Crippen LogP contribution in [0.1, 0.15) is 23.6 Å². The van der Waals surface area contributed by atoms with Gasteiger partial charge in [-0.15, -0.1) is 11.3 Å². The zero-order valence-electron chi connectivity index (χ0n) is 7.63. The molecule has 0 radical (unpaired) electrons. The lowest BCUT2D eigenvalue weighted by Gasteiger charge is -1.95. The Labute approximate surface area is 76.9 Å². The predicted octanol–water partition coefficient (Wildman–Crippen LogP) is 2.82. The van der Waals surface area contributed by atoms with Gasteiger partial charge in [-0.25, -0.2) is 0 Å². The molecule has 0 amide bonds. The van der Waals surface area contributed by atoms with Crippen molar-refractivity contribution in [2.45, 2.75) is 20.8 Å². The van der Waals surface area contributed by atoms with Gasteiger partial charge >= 0.3 is 0 Å². The topological polar surface area (TPSA) is 21.6 Å². The van der Waals surface area contributed by atoms with Crippen LogP contribution in [0.25, 0.3) is 0 Å². The fraction of sp³-hybridized carbons (Fsp3) is 0.444. The normalized spacial score (nSPS) is 11.8. The first-order chi connectivity index (χ1) is 5.74. The van der Waals surface area contributed by atoms with Crippen molar-refractivity contribution in [1.82, 2.24) is 0 Å². The first kappa shape index (κ1) is 9.26. The monoisotopic (exact) mass is 183 g/mol. The van der Waals surface area contributed by atoms with Crippen LogP contribution in [0.4, 0.5) is 0 Å². The molecule has 0 aliphatic heterocycles. The van der Waals surface area contributed by atoms with Crippen LogP contribution in [0.15, 0.2) is 17.3 Å². The van der Waals surface area contributed by atoms with Crippen molar-refractivity contribution >= 4 is 17.0 Å². The van der Waals surface area contributed by atoms with Crippen LogP contribution in [0.5, 0.6) is 0 Å². The molecule has 0 aliphatic rings. The molecule has 0 unspecified atom stereocenters. The number of hydrogen-bond acceptors (Lipinski definition) is 3. The minimum Gasteiger partial charge on any atom is -0.396 e. The molecule has 0 aromatic carbocycles. The molecule has 12 heavy (non-hydrogen) atoms. The van der Waals surface area contributed by atoms with Crippen LogP contribution < -0.4 is 0 Å². The van der Waals surface area contributed by atoms with Gasteiger partial charge in [-0.05, 0) is 32.9 Å². The van der Waals surface area contributed by atoms with Crippen LogP contribution >= 0.6 is 11.3 Å². The maximum absolute atomic E-state index is 4.95. The Balaban J connectivity index is 2.70. The van der Waals surface area contributed by atoms with Crippen LogP contribution in [-0.2, 0) is 4.84 Å². The van der Waals surface area contributed by atoms with E-state index < -0.39 is 0 Å². The maximum atomic E-state index is 4.95. The van der Waals surface area contributed by atoms with Crippen molar-refractivity contribution in [2.24, 2.45) is 5.16 Å². The first-order valence-electron chi connectivity index (χ1n) is 3.97. The highest BCUT2D eigenvalue weighted by atomic mass is 32.1. The molecule has 0 saturated heterocycles. The Morgan fingerprint density at radius 1 is 1.58 bits per heavy atom. The van der Waals surface area contributed by atoms with E-state index in [-0.39, 0.29) is 0 Å². The highest BCUT2D eigenvalue weighted by Crippen LogP contribution is 2.15. The number of thiophene rings is 1. The van der Waals surface area contributed by atoms with E-state index in [0.29, 0.717) is 6.61 Å². The van der Waals surface area contributed by atoms with E-state index in [4.69, 9.17) is 4.84 Å². The summed E-state index contributed by atoms with van der Waals surface area (Å²) in [6, 6.07) is 4.16. The standard InChI is InChI=1S/C9H13NOS/c1-4-11-10-8(3)9-6-5-7(2)12-9/h5-6H,4H2,1-3H3/b10-8-. The lowest BCUT2D eigenvalue weighted by molar-refractivity contribution is 0.159. The van der Waals surface area contributed by atoms with Crippen LogP contribution in [0.2, 0.25) is 0 Å². The molecule has 0 bridgehead atoms. The van der Waals surface area contributed by atoms with Gasteiger partial charge in [0.25, 0.3) is 0 Å². The third-order valence-corrected chi connectivity index (χ3v) is 2.54. The van der Waals surface area contributed by atoms with Crippen molar-refractivity contribution in [2.75, 3.05) is 6.61 Å². The van der Waals surface area contributed by atoms with E-state index in [9.17, 15) is 0 Å². The summed E-state index contributed by atoms with van der Waals surface area (Å²) in [6.07, 6.45) is 0. The molecule has 0 fully saturated rings. The van der Waals surface area contributed by atoms with Gasteiger partial charge in [0.05, 0.1) is 10.6 Å². The third-order valence-electron chi connectivity index (χ3n) is 1.43. The second kappa shape index (κ2) is 4.26. The lowest BCUT2D eigenvalue weighted by atomic mass is 10.3.